The van der Waals surface area contributed by atoms with Gasteiger partial charge in [0.1, 0.15) is 5.75 Å². The van der Waals surface area contributed by atoms with Crippen LogP contribution in [-0.2, 0) is 0 Å². The molecule has 0 saturated heterocycles. The van der Waals surface area contributed by atoms with Gasteiger partial charge in [-0.2, -0.15) is 0 Å². The van der Waals surface area contributed by atoms with Crippen molar-refractivity contribution >= 4 is 106 Å². The molecule has 10 aromatic rings. The van der Waals surface area contributed by atoms with E-state index in [9.17, 15) is 0 Å². The highest BCUT2D eigenvalue weighted by molar-refractivity contribution is 14.1. The molecule has 10 rings (SSSR count). The van der Waals surface area contributed by atoms with Gasteiger partial charge in [0.05, 0.1) is 22.1 Å². The van der Waals surface area contributed by atoms with Gasteiger partial charge >= 0.3 is 7.69 Å². The summed E-state index contributed by atoms with van der Waals surface area (Å²) in [7, 11) is 0.706. The number of para-hydroxylation sites is 4. The number of rotatable bonds is 5. The summed E-state index contributed by atoms with van der Waals surface area (Å²) in [6.07, 6.45) is 0. The molecule has 0 bridgehead atoms. The van der Waals surface area contributed by atoms with E-state index < -0.39 is 0 Å². The average molecular weight is 967 g/mol. The second-order valence-corrected chi connectivity index (χ2v) is 16.0. The molecule has 0 amide bonds. The van der Waals surface area contributed by atoms with Crippen LogP contribution in [0.4, 0.5) is 0 Å². The van der Waals surface area contributed by atoms with Gasteiger partial charge < -0.3 is 18.8 Å². The highest BCUT2D eigenvalue weighted by Gasteiger charge is 2.14. The Labute approximate surface area is 356 Å². The van der Waals surface area contributed by atoms with Crippen LogP contribution in [0, 0.1) is 3.57 Å². The molecule has 4 nitrogen and oxygen atoms in total. The predicted octanol–water partition coefficient (Wildman–Crippen LogP) is 14.0. The minimum atomic E-state index is 0.617. The van der Waals surface area contributed by atoms with Crippen molar-refractivity contribution in [3.8, 4) is 28.3 Å². The van der Waals surface area contributed by atoms with Crippen LogP contribution < -0.4 is 4.65 Å². The summed E-state index contributed by atoms with van der Waals surface area (Å²) in [6.45, 7) is 0. The van der Waals surface area contributed by atoms with E-state index in [1.807, 2.05) is 60.7 Å². The lowest BCUT2D eigenvalue weighted by atomic mass is 10.0. The molecule has 0 fully saturated rings. The van der Waals surface area contributed by atoms with Gasteiger partial charge in [-0.3, -0.25) is 0 Å². The van der Waals surface area contributed by atoms with Crippen molar-refractivity contribution in [2.24, 2.45) is 0 Å². The Balaban J connectivity index is 0.000000133. The molecular weight excluding hydrogens is 934 g/mol. The summed E-state index contributed by atoms with van der Waals surface area (Å²) < 4.78 is 13.2. The molecule has 0 saturated carbocycles. The lowest BCUT2D eigenvalue weighted by molar-refractivity contribution is 0.454. The first kappa shape index (κ1) is 37.8. The van der Waals surface area contributed by atoms with Crippen LogP contribution >= 0.6 is 54.5 Å². The molecule has 1 N–H and O–H groups in total. The van der Waals surface area contributed by atoms with E-state index in [1.165, 1.54) is 42.2 Å². The van der Waals surface area contributed by atoms with E-state index in [4.69, 9.17) is 9.68 Å². The molecule has 0 aliphatic heterocycles. The maximum atomic E-state index is 8.84. The van der Waals surface area contributed by atoms with Crippen LogP contribution in [0.15, 0.2) is 203 Å². The van der Waals surface area contributed by atoms with Crippen molar-refractivity contribution in [3.05, 3.63) is 207 Å². The normalized spacial score (nSPS) is 10.9. The van der Waals surface area contributed by atoms with Crippen LogP contribution in [-0.4, -0.2) is 21.8 Å². The quantitative estimate of drug-likeness (QED) is 0.138. The Kier molecular flexibility index (Phi) is 11.7. The van der Waals surface area contributed by atoms with Gasteiger partial charge in [0.25, 0.3) is 0 Å². The van der Waals surface area contributed by atoms with Gasteiger partial charge in [-0.1, -0.05) is 123 Å². The Morgan fingerprint density at radius 3 is 1.38 bits per heavy atom. The standard InChI is InChI=1S/C24H16BrN.C18H13BNO2.C6H4BrI/c25-19-13-10-17(11-14-19)18-12-15-24-22(16-18)21-8-4-5-9-23(21)26(24)20-6-2-1-3-7-20;21-19-22-14-10-11-18-16(12-14)15-8-4-5-9-17(15)20(18)13-6-2-1-3-7-13;7-5-1-3-6(8)4-2-5/h1-16H;1-12,21H;1-4H. The summed E-state index contributed by atoms with van der Waals surface area (Å²) in [4.78, 5) is 0. The van der Waals surface area contributed by atoms with Crippen LogP contribution in [0.2, 0.25) is 0 Å². The molecule has 2 aromatic heterocycles. The van der Waals surface area contributed by atoms with Crippen LogP contribution in [0.1, 0.15) is 0 Å². The van der Waals surface area contributed by atoms with Gasteiger partial charge in [0.2, 0.25) is 0 Å². The fraction of sp³-hybridized carbons (Fsp3) is 0. The smallest absolute Gasteiger partial charge is 0.537 e. The molecular formula is C48H33BBr2IN2O2. The summed E-state index contributed by atoms with van der Waals surface area (Å²) in [5.41, 5.74) is 9.50. The monoisotopic (exact) mass is 965 g/mol. The Morgan fingerprint density at radius 2 is 0.857 bits per heavy atom. The number of fused-ring (bicyclic) bond motifs is 6. The van der Waals surface area contributed by atoms with E-state index in [-0.39, 0.29) is 0 Å². The first-order chi connectivity index (χ1) is 27.5. The topological polar surface area (TPSA) is 39.3 Å². The van der Waals surface area contributed by atoms with E-state index in [0.29, 0.717) is 13.4 Å². The minimum absolute atomic E-state index is 0.617. The Hall–Kier alpha value is -5.13. The highest BCUT2D eigenvalue weighted by Crippen LogP contribution is 2.36. The van der Waals surface area contributed by atoms with Gasteiger partial charge in [-0.25, -0.2) is 0 Å². The average Bonchev–Trinajstić information content (AvgIpc) is 3.76. The first-order valence-electron chi connectivity index (χ1n) is 18.0. The summed E-state index contributed by atoms with van der Waals surface area (Å²) in [6, 6.07) is 67.0. The Bertz CT molecular complexity index is 2880. The molecule has 0 aliphatic carbocycles. The molecule has 0 unspecified atom stereocenters. The fourth-order valence-corrected chi connectivity index (χ4v) is 7.91. The highest BCUT2D eigenvalue weighted by atomic mass is 127. The predicted molar refractivity (Wildman–Crippen MR) is 250 cm³/mol. The molecule has 271 valence electrons. The zero-order valence-electron chi connectivity index (χ0n) is 29.9. The second kappa shape index (κ2) is 17.3. The van der Waals surface area contributed by atoms with Crippen molar-refractivity contribution in [1.29, 1.82) is 0 Å². The zero-order valence-corrected chi connectivity index (χ0v) is 35.3. The van der Waals surface area contributed by atoms with Crippen molar-refractivity contribution in [1.82, 2.24) is 9.13 Å². The maximum Gasteiger partial charge on any atom is 0.569 e. The van der Waals surface area contributed by atoms with E-state index in [2.05, 4.69) is 197 Å². The third kappa shape index (κ3) is 8.06. The van der Waals surface area contributed by atoms with Crippen molar-refractivity contribution in [3.63, 3.8) is 0 Å². The Morgan fingerprint density at radius 1 is 0.429 bits per heavy atom. The molecule has 2 heterocycles. The second-order valence-electron chi connectivity index (χ2n) is 13.0. The van der Waals surface area contributed by atoms with Crippen molar-refractivity contribution < 1.29 is 9.68 Å². The number of nitrogens with zero attached hydrogens (tertiary/aromatic N) is 2. The zero-order chi connectivity index (χ0) is 38.4. The maximum absolute atomic E-state index is 8.84. The molecule has 0 aliphatic rings. The molecule has 0 atom stereocenters. The van der Waals surface area contributed by atoms with E-state index >= 15 is 0 Å². The lowest BCUT2D eigenvalue weighted by Gasteiger charge is -2.08. The van der Waals surface area contributed by atoms with Crippen molar-refractivity contribution in [2.45, 2.75) is 0 Å². The summed E-state index contributed by atoms with van der Waals surface area (Å²) in [5, 5.41) is 13.7. The molecule has 8 aromatic carbocycles. The molecule has 56 heavy (non-hydrogen) atoms. The van der Waals surface area contributed by atoms with Gasteiger partial charge in [-0.05, 0) is 137 Å². The van der Waals surface area contributed by atoms with Crippen LogP contribution in [0.3, 0.4) is 0 Å². The van der Waals surface area contributed by atoms with Gasteiger partial charge in [0, 0.05) is 45.4 Å². The molecule has 1 radical (unpaired) electrons. The number of aromatic nitrogens is 2. The van der Waals surface area contributed by atoms with Crippen LogP contribution in [0.25, 0.3) is 66.1 Å². The largest absolute Gasteiger partial charge is 0.569 e. The van der Waals surface area contributed by atoms with Crippen LogP contribution in [0.5, 0.6) is 5.75 Å². The first-order valence-corrected chi connectivity index (χ1v) is 20.6. The lowest BCUT2D eigenvalue weighted by Crippen LogP contribution is -1.99. The third-order valence-electron chi connectivity index (χ3n) is 9.52. The van der Waals surface area contributed by atoms with Gasteiger partial charge in [0.15, 0.2) is 0 Å². The number of halogens is 3. The SMILES string of the molecule is Brc1ccc(-c2ccc3c(c2)c2ccccc2n3-c2ccccc2)cc1.Brc1ccc(I)cc1.O[B]Oc1ccc2c(c1)c1ccccc1n2-c1ccccc1. The minimum Gasteiger partial charge on any atom is -0.537 e. The number of benzene rings is 8. The molecule has 0 spiro atoms. The number of hydrogen-bond donors (Lipinski definition) is 1. The van der Waals surface area contributed by atoms with E-state index in [0.717, 1.165) is 36.4 Å². The number of hydrogen-bond acceptors (Lipinski definition) is 2. The van der Waals surface area contributed by atoms with E-state index in [1.54, 1.807) is 0 Å². The summed E-state index contributed by atoms with van der Waals surface area (Å²) >= 11 is 9.13. The van der Waals surface area contributed by atoms with Crippen molar-refractivity contribution in [2.75, 3.05) is 0 Å². The third-order valence-corrected chi connectivity index (χ3v) is 11.3. The van der Waals surface area contributed by atoms with Gasteiger partial charge in [-0.15, -0.1) is 0 Å². The molecule has 8 heteroatoms. The summed E-state index contributed by atoms with van der Waals surface area (Å²) in [5.74, 6) is 0.617. The fourth-order valence-electron chi connectivity index (χ4n) is 7.02.